The summed E-state index contributed by atoms with van der Waals surface area (Å²) in [4.78, 5) is 31.8. The van der Waals surface area contributed by atoms with Gasteiger partial charge in [0.1, 0.15) is 16.4 Å². The first kappa shape index (κ1) is 21.3. The first-order chi connectivity index (χ1) is 16.1. The van der Waals surface area contributed by atoms with Crippen LogP contribution in [0.15, 0.2) is 91.3 Å². The van der Waals surface area contributed by atoms with Gasteiger partial charge < -0.3 is 14.2 Å². The van der Waals surface area contributed by atoms with Gasteiger partial charge in [-0.2, -0.15) is 0 Å². The van der Waals surface area contributed by atoms with E-state index < -0.39 is 5.25 Å². The number of carbonyl (C=O) groups is 1. The highest BCUT2D eigenvalue weighted by Crippen LogP contribution is 2.34. The second kappa shape index (κ2) is 9.13. The molecular weight excluding hydrogens is 458 g/mol. The summed E-state index contributed by atoms with van der Waals surface area (Å²) >= 11 is 2.62. The Hall–Kier alpha value is -3.56. The number of para-hydroxylation sites is 1. The standard InChI is InChI=1S/C24H19N3O4S2/c1-15(21(28)25-13-17-9-5-11-30-17)33-24-26-22-20(18(14-32-22)19-10-6-12-31-19)23(29)27(24)16-7-3-2-4-8-16/h2-12,14-15H,13H2,1H3,(H,25,28)/t15-/m1/s1. The van der Waals surface area contributed by atoms with E-state index in [1.54, 1.807) is 42.2 Å². The fourth-order valence-corrected chi connectivity index (χ4v) is 5.33. The van der Waals surface area contributed by atoms with Gasteiger partial charge in [0.15, 0.2) is 5.16 Å². The number of nitrogens with one attached hydrogen (secondary N) is 1. The van der Waals surface area contributed by atoms with E-state index in [1.165, 1.54) is 23.1 Å². The van der Waals surface area contributed by atoms with Crippen molar-refractivity contribution in [2.75, 3.05) is 0 Å². The number of amides is 1. The summed E-state index contributed by atoms with van der Waals surface area (Å²) in [7, 11) is 0. The number of aromatic nitrogens is 2. The summed E-state index contributed by atoms with van der Waals surface area (Å²) in [6.45, 7) is 2.09. The van der Waals surface area contributed by atoms with E-state index in [0.717, 1.165) is 0 Å². The summed E-state index contributed by atoms with van der Waals surface area (Å²) in [5.41, 5.74) is 1.19. The molecule has 5 aromatic rings. The van der Waals surface area contributed by atoms with Crippen molar-refractivity contribution in [3.63, 3.8) is 0 Å². The van der Waals surface area contributed by atoms with Crippen molar-refractivity contribution < 1.29 is 13.6 Å². The van der Waals surface area contributed by atoms with Crippen LogP contribution in [0.2, 0.25) is 0 Å². The molecule has 1 atom stereocenters. The largest absolute Gasteiger partial charge is 0.467 e. The van der Waals surface area contributed by atoms with Crippen LogP contribution < -0.4 is 10.9 Å². The van der Waals surface area contributed by atoms with Gasteiger partial charge in [-0.15, -0.1) is 11.3 Å². The Morgan fingerprint density at radius 1 is 1.12 bits per heavy atom. The minimum atomic E-state index is -0.483. The fraction of sp³-hybridized carbons (Fsp3) is 0.125. The lowest BCUT2D eigenvalue weighted by Gasteiger charge is -2.15. The third-order valence-corrected chi connectivity index (χ3v) is 6.97. The average Bonchev–Trinajstić information content (AvgIpc) is 3.60. The van der Waals surface area contributed by atoms with Crippen LogP contribution in [-0.4, -0.2) is 20.7 Å². The molecule has 1 N–H and O–H groups in total. The second-order valence-corrected chi connectivity index (χ2v) is 9.40. The van der Waals surface area contributed by atoms with Crippen LogP contribution >= 0.6 is 23.1 Å². The van der Waals surface area contributed by atoms with E-state index in [4.69, 9.17) is 13.8 Å². The third kappa shape index (κ3) is 4.24. The lowest BCUT2D eigenvalue weighted by atomic mass is 10.2. The van der Waals surface area contributed by atoms with Gasteiger partial charge in [-0.25, -0.2) is 4.98 Å². The molecule has 4 aromatic heterocycles. The number of furan rings is 2. The molecular formula is C24H19N3O4S2. The van der Waals surface area contributed by atoms with Gasteiger partial charge in [-0.3, -0.25) is 14.2 Å². The molecule has 0 fully saturated rings. The summed E-state index contributed by atoms with van der Waals surface area (Å²) in [6, 6.07) is 16.5. The van der Waals surface area contributed by atoms with Crippen molar-refractivity contribution in [3.8, 4) is 17.0 Å². The van der Waals surface area contributed by atoms with Gasteiger partial charge in [0.05, 0.1) is 35.4 Å². The predicted molar refractivity (Wildman–Crippen MR) is 129 cm³/mol. The van der Waals surface area contributed by atoms with Crippen molar-refractivity contribution in [3.05, 3.63) is 88.6 Å². The molecule has 0 saturated heterocycles. The minimum absolute atomic E-state index is 0.173. The number of benzene rings is 1. The minimum Gasteiger partial charge on any atom is -0.467 e. The molecule has 1 amide bonds. The lowest BCUT2D eigenvalue weighted by molar-refractivity contribution is -0.120. The molecule has 5 rings (SSSR count). The number of fused-ring (bicyclic) bond motifs is 1. The Morgan fingerprint density at radius 3 is 2.64 bits per heavy atom. The van der Waals surface area contributed by atoms with Crippen molar-refractivity contribution in [2.24, 2.45) is 0 Å². The van der Waals surface area contributed by atoms with Gasteiger partial charge in [0.25, 0.3) is 5.56 Å². The van der Waals surface area contributed by atoms with E-state index in [9.17, 15) is 9.59 Å². The number of hydrogen-bond acceptors (Lipinski definition) is 7. The first-order valence-electron chi connectivity index (χ1n) is 10.2. The van der Waals surface area contributed by atoms with Crippen molar-refractivity contribution in [2.45, 2.75) is 23.9 Å². The highest BCUT2D eigenvalue weighted by atomic mass is 32.2. The van der Waals surface area contributed by atoms with Crippen LogP contribution in [0.4, 0.5) is 0 Å². The van der Waals surface area contributed by atoms with E-state index in [1.807, 2.05) is 41.8 Å². The average molecular weight is 478 g/mol. The van der Waals surface area contributed by atoms with E-state index in [0.29, 0.717) is 44.7 Å². The zero-order chi connectivity index (χ0) is 22.8. The van der Waals surface area contributed by atoms with Crippen molar-refractivity contribution in [1.82, 2.24) is 14.9 Å². The number of carbonyl (C=O) groups excluding carboxylic acids is 1. The molecule has 33 heavy (non-hydrogen) atoms. The van der Waals surface area contributed by atoms with Crippen LogP contribution in [0.5, 0.6) is 0 Å². The first-order valence-corrected chi connectivity index (χ1v) is 12.0. The van der Waals surface area contributed by atoms with Crippen molar-refractivity contribution >= 4 is 39.2 Å². The third-order valence-electron chi connectivity index (χ3n) is 5.05. The van der Waals surface area contributed by atoms with Crippen LogP contribution in [0, 0.1) is 0 Å². The van der Waals surface area contributed by atoms with Gasteiger partial charge in [-0.05, 0) is 43.3 Å². The SMILES string of the molecule is C[C@@H](Sc1nc2scc(-c3ccco3)c2c(=O)n1-c1ccccc1)C(=O)NCc1ccco1. The quantitative estimate of drug-likeness (QED) is 0.259. The molecule has 1 aromatic carbocycles. The summed E-state index contributed by atoms with van der Waals surface area (Å²) in [5.74, 6) is 1.11. The number of hydrogen-bond donors (Lipinski definition) is 1. The van der Waals surface area contributed by atoms with Gasteiger partial charge in [-0.1, -0.05) is 30.0 Å². The zero-order valence-electron chi connectivity index (χ0n) is 17.6. The van der Waals surface area contributed by atoms with Gasteiger partial charge >= 0.3 is 0 Å². The Labute approximate surface area is 197 Å². The Kier molecular flexibility index (Phi) is 5.89. The molecule has 4 heterocycles. The molecule has 0 bridgehead atoms. The zero-order valence-corrected chi connectivity index (χ0v) is 19.2. The highest BCUT2D eigenvalue weighted by molar-refractivity contribution is 8.00. The maximum atomic E-state index is 13.7. The molecule has 0 spiro atoms. The van der Waals surface area contributed by atoms with E-state index in [-0.39, 0.29) is 11.5 Å². The number of thioether (sulfide) groups is 1. The molecule has 9 heteroatoms. The van der Waals surface area contributed by atoms with E-state index in [2.05, 4.69) is 5.32 Å². The van der Waals surface area contributed by atoms with E-state index >= 15 is 0 Å². The fourth-order valence-electron chi connectivity index (χ4n) is 3.41. The molecule has 0 unspecified atom stereocenters. The van der Waals surface area contributed by atoms with Crippen LogP contribution in [-0.2, 0) is 11.3 Å². The molecule has 7 nitrogen and oxygen atoms in total. The smallest absolute Gasteiger partial charge is 0.268 e. The number of rotatable bonds is 7. The van der Waals surface area contributed by atoms with Crippen molar-refractivity contribution in [1.29, 1.82) is 0 Å². The second-order valence-electron chi connectivity index (χ2n) is 7.23. The van der Waals surface area contributed by atoms with Crippen LogP contribution in [0.3, 0.4) is 0 Å². The maximum absolute atomic E-state index is 13.7. The maximum Gasteiger partial charge on any atom is 0.268 e. The Balaban J connectivity index is 1.54. The van der Waals surface area contributed by atoms with Gasteiger partial charge in [0, 0.05) is 10.9 Å². The normalized spacial score (nSPS) is 12.2. The molecule has 0 aliphatic heterocycles. The predicted octanol–water partition coefficient (Wildman–Crippen LogP) is 5.10. The van der Waals surface area contributed by atoms with Gasteiger partial charge in [0.2, 0.25) is 5.91 Å². The topological polar surface area (TPSA) is 90.3 Å². The summed E-state index contributed by atoms with van der Waals surface area (Å²) < 4.78 is 12.4. The lowest BCUT2D eigenvalue weighted by Crippen LogP contribution is -2.31. The number of nitrogens with zero attached hydrogens (tertiary/aromatic N) is 2. The number of thiophene rings is 1. The molecule has 0 radical (unpaired) electrons. The highest BCUT2D eigenvalue weighted by Gasteiger charge is 2.23. The summed E-state index contributed by atoms with van der Waals surface area (Å²) in [6.07, 6.45) is 3.14. The van der Waals surface area contributed by atoms with Crippen LogP contribution in [0.1, 0.15) is 12.7 Å². The molecule has 0 saturated carbocycles. The summed E-state index contributed by atoms with van der Waals surface area (Å²) in [5, 5.41) is 5.20. The molecule has 0 aliphatic rings. The van der Waals surface area contributed by atoms with Crippen LogP contribution in [0.25, 0.3) is 27.2 Å². The monoisotopic (exact) mass is 477 g/mol. The molecule has 166 valence electrons. The Bertz CT molecular complexity index is 1440. The molecule has 0 aliphatic carbocycles. The Morgan fingerprint density at radius 2 is 1.91 bits per heavy atom.